The quantitative estimate of drug-likeness (QED) is 0.451. The topological polar surface area (TPSA) is 89.7 Å². The van der Waals surface area contributed by atoms with Gasteiger partial charge >= 0.3 is 0 Å². The van der Waals surface area contributed by atoms with Gasteiger partial charge in [0.15, 0.2) is 0 Å². The Morgan fingerprint density at radius 1 is 0.933 bits per heavy atom. The summed E-state index contributed by atoms with van der Waals surface area (Å²) in [6.07, 6.45) is 9.73. The largest absolute Gasteiger partial charge is 0.490 e. The van der Waals surface area contributed by atoms with Crippen molar-refractivity contribution in [2.45, 2.75) is 12.5 Å². The van der Waals surface area contributed by atoms with Gasteiger partial charge in [0.25, 0.3) is 0 Å². The molecule has 0 aliphatic rings. The van der Waals surface area contributed by atoms with E-state index < -0.39 is 0 Å². The molecule has 5 rings (SSSR count). The summed E-state index contributed by atoms with van der Waals surface area (Å²) in [5.41, 5.74) is 11.4. The zero-order valence-corrected chi connectivity index (χ0v) is 16.3. The van der Waals surface area contributed by atoms with Crippen LogP contribution in [0.1, 0.15) is 5.56 Å². The Bertz CT molecular complexity index is 1300. The van der Waals surface area contributed by atoms with Gasteiger partial charge in [0.1, 0.15) is 12.4 Å². The number of aromatic amines is 1. The van der Waals surface area contributed by atoms with Gasteiger partial charge in [0.05, 0.1) is 23.6 Å². The van der Waals surface area contributed by atoms with Crippen molar-refractivity contribution in [2.75, 3.05) is 6.61 Å². The van der Waals surface area contributed by atoms with Crippen molar-refractivity contribution < 1.29 is 4.74 Å². The van der Waals surface area contributed by atoms with E-state index in [-0.39, 0.29) is 6.04 Å². The minimum absolute atomic E-state index is 0.136. The van der Waals surface area contributed by atoms with Gasteiger partial charge in [-0.1, -0.05) is 18.2 Å². The SMILES string of the molecule is NC(COc1cncc2nc(-c3ccncc3)ccc12)Cc1c[nH]c2ccccc12. The van der Waals surface area contributed by atoms with Crippen LogP contribution in [-0.4, -0.2) is 32.6 Å². The number of hydrogen-bond donors (Lipinski definition) is 2. The molecule has 0 spiro atoms. The van der Waals surface area contributed by atoms with Crippen LogP contribution in [0.15, 0.2) is 79.5 Å². The van der Waals surface area contributed by atoms with Gasteiger partial charge in [-0.15, -0.1) is 0 Å². The van der Waals surface area contributed by atoms with Gasteiger partial charge in [-0.2, -0.15) is 0 Å². The van der Waals surface area contributed by atoms with Crippen LogP contribution in [0.25, 0.3) is 33.1 Å². The second-order valence-electron chi connectivity index (χ2n) is 7.27. The molecule has 0 bridgehead atoms. The number of H-pyrrole nitrogens is 1. The van der Waals surface area contributed by atoms with Gasteiger partial charge in [-0.25, -0.2) is 4.98 Å². The molecule has 6 heteroatoms. The molecule has 4 heterocycles. The first kappa shape index (κ1) is 18.3. The van der Waals surface area contributed by atoms with Crippen molar-refractivity contribution in [1.29, 1.82) is 0 Å². The lowest BCUT2D eigenvalue weighted by Crippen LogP contribution is -2.30. The molecular weight excluding hydrogens is 374 g/mol. The standard InChI is InChI=1S/C24H21N5O/c25-18(11-17-12-28-22-4-2-1-3-19(17)22)15-30-24-14-27-13-23-20(24)5-6-21(29-23)16-7-9-26-10-8-16/h1-10,12-14,18,28H,11,15,25H2. The molecule has 0 aliphatic heterocycles. The van der Waals surface area contributed by atoms with E-state index >= 15 is 0 Å². The second kappa shape index (κ2) is 7.93. The summed E-state index contributed by atoms with van der Waals surface area (Å²) >= 11 is 0. The van der Waals surface area contributed by atoms with E-state index in [0.717, 1.165) is 34.1 Å². The summed E-state index contributed by atoms with van der Waals surface area (Å²) in [5.74, 6) is 0.690. The van der Waals surface area contributed by atoms with Crippen LogP contribution < -0.4 is 10.5 Å². The van der Waals surface area contributed by atoms with Gasteiger partial charge < -0.3 is 15.5 Å². The third-order valence-electron chi connectivity index (χ3n) is 5.16. The number of nitrogens with one attached hydrogen (secondary N) is 1. The first-order chi connectivity index (χ1) is 14.8. The number of benzene rings is 1. The van der Waals surface area contributed by atoms with Gasteiger partial charge in [0, 0.05) is 46.5 Å². The highest BCUT2D eigenvalue weighted by molar-refractivity contribution is 5.86. The number of pyridine rings is 3. The fourth-order valence-corrected chi connectivity index (χ4v) is 3.66. The third kappa shape index (κ3) is 3.60. The maximum Gasteiger partial charge on any atom is 0.147 e. The molecular formula is C24H21N5O. The summed E-state index contributed by atoms with van der Waals surface area (Å²) in [5, 5.41) is 2.12. The summed E-state index contributed by atoms with van der Waals surface area (Å²) in [6, 6.07) is 16.0. The lowest BCUT2D eigenvalue weighted by atomic mass is 10.1. The maximum atomic E-state index is 6.37. The molecule has 1 unspecified atom stereocenters. The molecule has 0 radical (unpaired) electrons. The van der Waals surface area contributed by atoms with Crippen molar-refractivity contribution in [3.63, 3.8) is 0 Å². The molecule has 30 heavy (non-hydrogen) atoms. The molecule has 3 N–H and O–H groups in total. The fraction of sp³-hybridized carbons (Fsp3) is 0.125. The molecule has 1 atom stereocenters. The predicted molar refractivity (Wildman–Crippen MR) is 118 cm³/mol. The Morgan fingerprint density at radius 3 is 2.70 bits per heavy atom. The van der Waals surface area contributed by atoms with Gasteiger partial charge in [-0.05, 0) is 42.3 Å². The average Bonchev–Trinajstić information content (AvgIpc) is 3.20. The molecule has 5 aromatic rings. The normalized spacial score (nSPS) is 12.3. The molecule has 1 aromatic carbocycles. The van der Waals surface area contributed by atoms with Crippen molar-refractivity contribution in [3.05, 3.63) is 85.1 Å². The highest BCUT2D eigenvalue weighted by Gasteiger charge is 2.12. The lowest BCUT2D eigenvalue weighted by molar-refractivity contribution is 0.290. The molecule has 4 aromatic heterocycles. The van der Waals surface area contributed by atoms with Crippen molar-refractivity contribution >= 4 is 21.8 Å². The first-order valence-corrected chi connectivity index (χ1v) is 9.86. The monoisotopic (exact) mass is 395 g/mol. The number of nitrogens with two attached hydrogens (primary N) is 1. The molecule has 0 saturated carbocycles. The van der Waals surface area contributed by atoms with Crippen LogP contribution in [-0.2, 0) is 6.42 Å². The zero-order chi connectivity index (χ0) is 20.3. The Labute approximate surface area is 173 Å². The number of fused-ring (bicyclic) bond motifs is 2. The van der Waals surface area contributed by atoms with Crippen LogP contribution in [0.4, 0.5) is 0 Å². The van der Waals surface area contributed by atoms with E-state index in [1.165, 1.54) is 10.9 Å². The highest BCUT2D eigenvalue weighted by atomic mass is 16.5. The second-order valence-corrected chi connectivity index (χ2v) is 7.27. The maximum absolute atomic E-state index is 6.37. The summed E-state index contributed by atoms with van der Waals surface area (Å²) in [4.78, 5) is 16.4. The number of para-hydroxylation sites is 1. The smallest absolute Gasteiger partial charge is 0.147 e. The Morgan fingerprint density at radius 2 is 1.80 bits per heavy atom. The van der Waals surface area contributed by atoms with Crippen LogP contribution >= 0.6 is 0 Å². The Balaban J connectivity index is 1.32. The fourth-order valence-electron chi connectivity index (χ4n) is 3.66. The van der Waals surface area contributed by atoms with Crippen molar-refractivity contribution in [1.82, 2.24) is 19.9 Å². The van der Waals surface area contributed by atoms with Crippen LogP contribution in [0.3, 0.4) is 0 Å². The van der Waals surface area contributed by atoms with E-state index in [2.05, 4.69) is 27.1 Å². The Kier molecular flexibility index (Phi) is 4.83. The van der Waals surface area contributed by atoms with E-state index in [1.54, 1.807) is 24.8 Å². The molecule has 0 aliphatic carbocycles. The first-order valence-electron chi connectivity index (χ1n) is 9.86. The lowest BCUT2D eigenvalue weighted by Gasteiger charge is -2.14. The third-order valence-corrected chi connectivity index (χ3v) is 5.16. The average molecular weight is 395 g/mol. The van der Waals surface area contributed by atoms with E-state index in [4.69, 9.17) is 15.5 Å². The van der Waals surface area contributed by atoms with E-state index in [0.29, 0.717) is 12.4 Å². The minimum Gasteiger partial charge on any atom is -0.490 e. The zero-order valence-electron chi connectivity index (χ0n) is 16.3. The number of hydrogen-bond acceptors (Lipinski definition) is 5. The highest BCUT2D eigenvalue weighted by Crippen LogP contribution is 2.27. The number of aromatic nitrogens is 4. The summed E-state index contributed by atoms with van der Waals surface area (Å²) < 4.78 is 6.04. The molecule has 0 saturated heterocycles. The molecule has 0 amide bonds. The van der Waals surface area contributed by atoms with E-state index in [1.807, 2.05) is 42.6 Å². The van der Waals surface area contributed by atoms with E-state index in [9.17, 15) is 0 Å². The Hall–Kier alpha value is -3.77. The summed E-state index contributed by atoms with van der Waals surface area (Å²) in [7, 11) is 0. The predicted octanol–water partition coefficient (Wildman–Crippen LogP) is 4.12. The number of ether oxygens (including phenoxy) is 1. The molecule has 6 nitrogen and oxygen atoms in total. The van der Waals surface area contributed by atoms with Crippen LogP contribution in [0.5, 0.6) is 5.75 Å². The minimum atomic E-state index is -0.136. The summed E-state index contributed by atoms with van der Waals surface area (Å²) in [6.45, 7) is 0.395. The van der Waals surface area contributed by atoms with Gasteiger partial charge in [0.2, 0.25) is 0 Å². The number of rotatable bonds is 6. The molecule has 0 fully saturated rings. The van der Waals surface area contributed by atoms with Gasteiger partial charge in [-0.3, -0.25) is 9.97 Å². The van der Waals surface area contributed by atoms with Crippen molar-refractivity contribution in [2.24, 2.45) is 5.73 Å². The number of nitrogens with zero attached hydrogens (tertiary/aromatic N) is 3. The van der Waals surface area contributed by atoms with Crippen molar-refractivity contribution in [3.8, 4) is 17.0 Å². The van der Waals surface area contributed by atoms with Crippen LogP contribution in [0.2, 0.25) is 0 Å². The van der Waals surface area contributed by atoms with Crippen LogP contribution in [0, 0.1) is 0 Å². The molecule has 148 valence electrons.